The minimum atomic E-state index is -0.599. The Morgan fingerprint density at radius 1 is 1.04 bits per heavy atom. The van der Waals surface area contributed by atoms with E-state index in [4.69, 9.17) is 22.1 Å². The average molecular weight is 399 g/mol. The highest BCUT2D eigenvalue weighted by atomic mass is 35.5. The molecule has 0 atom stereocenters. The van der Waals surface area contributed by atoms with Crippen LogP contribution in [0.25, 0.3) is 0 Å². The summed E-state index contributed by atoms with van der Waals surface area (Å²) in [5.74, 6) is -0.839. The molecule has 0 aliphatic rings. The van der Waals surface area contributed by atoms with Crippen molar-refractivity contribution >= 4 is 29.1 Å². The number of hydrogen-bond acceptors (Lipinski definition) is 3. The molecule has 0 heterocycles. The molecule has 0 aliphatic heterocycles. The van der Waals surface area contributed by atoms with Gasteiger partial charge in [0.05, 0.1) is 5.56 Å². The molecule has 0 saturated carbocycles. The van der Waals surface area contributed by atoms with E-state index in [1.54, 1.807) is 31.2 Å². The number of nitrogens with two attached hydrogens (primary N) is 1. The largest absolute Gasteiger partial charge is 0.456 e. The van der Waals surface area contributed by atoms with Gasteiger partial charge in [-0.1, -0.05) is 17.7 Å². The lowest BCUT2D eigenvalue weighted by Gasteiger charge is -2.14. The molecule has 0 fully saturated rings. The Balaban J connectivity index is 1.90. The van der Waals surface area contributed by atoms with Gasteiger partial charge in [0.15, 0.2) is 0 Å². The van der Waals surface area contributed by atoms with E-state index in [1.165, 1.54) is 36.4 Å². The summed E-state index contributed by atoms with van der Waals surface area (Å²) in [6.07, 6.45) is 0. The molecule has 0 aromatic heterocycles. The summed E-state index contributed by atoms with van der Waals surface area (Å²) in [4.78, 5) is 24.1. The highest BCUT2D eigenvalue weighted by Gasteiger charge is 2.16. The molecular formula is C21H16ClFN2O3. The van der Waals surface area contributed by atoms with Crippen molar-refractivity contribution in [2.75, 3.05) is 5.32 Å². The van der Waals surface area contributed by atoms with Gasteiger partial charge in [0, 0.05) is 22.3 Å². The lowest BCUT2D eigenvalue weighted by Crippen LogP contribution is -2.15. The number of halogens is 2. The van der Waals surface area contributed by atoms with Crippen LogP contribution < -0.4 is 15.8 Å². The molecule has 2 amide bonds. The minimum absolute atomic E-state index is 0.214. The van der Waals surface area contributed by atoms with Crippen molar-refractivity contribution in [3.05, 3.63) is 88.2 Å². The van der Waals surface area contributed by atoms with Crippen LogP contribution in [-0.2, 0) is 0 Å². The second-order valence-electron chi connectivity index (χ2n) is 6.05. The van der Waals surface area contributed by atoms with Crippen LogP contribution in [0.1, 0.15) is 26.3 Å². The Kier molecular flexibility index (Phi) is 5.61. The van der Waals surface area contributed by atoms with E-state index in [-0.39, 0.29) is 22.7 Å². The molecule has 3 N–H and O–H groups in total. The summed E-state index contributed by atoms with van der Waals surface area (Å²) < 4.78 is 19.1. The third-order valence-electron chi connectivity index (χ3n) is 3.95. The molecule has 3 rings (SSSR count). The Labute approximate surface area is 165 Å². The van der Waals surface area contributed by atoms with Gasteiger partial charge in [-0.05, 0) is 61.0 Å². The number of hydrogen-bond donors (Lipinski definition) is 2. The van der Waals surface area contributed by atoms with Crippen LogP contribution in [0.4, 0.5) is 10.1 Å². The maximum absolute atomic E-state index is 13.3. The first-order chi connectivity index (χ1) is 13.3. The van der Waals surface area contributed by atoms with Crippen LogP contribution in [0.2, 0.25) is 5.02 Å². The van der Waals surface area contributed by atoms with Crippen LogP contribution in [0, 0.1) is 12.7 Å². The van der Waals surface area contributed by atoms with E-state index in [0.717, 1.165) is 0 Å². The molecule has 5 nitrogen and oxygen atoms in total. The monoisotopic (exact) mass is 398 g/mol. The molecule has 3 aromatic rings. The summed E-state index contributed by atoms with van der Waals surface area (Å²) >= 11 is 6.05. The zero-order valence-electron chi connectivity index (χ0n) is 14.8. The number of anilines is 1. The van der Waals surface area contributed by atoms with Crippen molar-refractivity contribution in [3.8, 4) is 11.5 Å². The number of benzene rings is 3. The lowest BCUT2D eigenvalue weighted by atomic mass is 10.1. The summed E-state index contributed by atoms with van der Waals surface area (Å²) in [6, 6.07) is 14.9. The molecule has 0 bridgehead atoms. The van der Waals surface area contributed by atoms with Crippen LogP contribution in [-0.4, -0.2) is 11.8 Å². The zero-order chi connectivity index (χ0) is 20.3. The topological polar surface area (TPSA) is 81.4 Å². The Morgan fingerprint density at radius 3 is 2.54 bits per heavy atom. The minimum Gasteiger partial charge on any atom is -0.456 e. The number of aryl methyl sites for hydroxylation is 1. The van der Waals surface area contributed by atoms with Gasteiger partial charge in [-0.25, -0.2) is 4.39 Å². The Bertz CT molecular complexity index is 1070. The zero-order valence-corrected chi connectivity index (χ0v) is 15.6. The second-order valence-corrected chi connectivity index (χ2v) is 6.49. The van der Waals surface area contributed by atoms with Crippen LogP contribution >= 0.6 is 11.6 Å². The Hall–Kier alpha value is -3.38. The maximum atomic E-state index is 13.3. The van der Waals surface area contributed by atoms with E-state index < -0.39 is 11.8 Å². The van der Waals surface area contributed by atoms with Gasteiger partial charge in [-0.3, -0.25) is 9.59 Å². The van der Waals surface area contributed by atoms with Gasteiger partial charge in [0.25, 0.3) is 5.91 Å². The number of ether oxygens (including phenoxy) is 1. The van der Waals surface area contributed by atoms with E-state index >= 15 is 0 Å². The SMILES string of the molecule is Cc1cc(F)ccc1Oc1cc(Cl)ccc1C(=O)Nc1cccc(C(N)=O)c1. The van der Waals surface area contributed by atoms with E-state index in [1.807, 2.05) is 0 Å². The van der Waals surface area contributed by atoms with Gasteiger partial charge < -0.3 is 15.8 Å². The summed E-state index contributed by atoms with van der Waals surface area (Å²) in [5, 5.41) is 3.07. The fourth-order valence-corrected chi connectivity index (χ4v) is 2.72. The predicted octanol–water partition coefficient (Wildman–Crippen LogP) is 4.93. The van der Waals surface area contributed by atoms with E-state index in [9.17, 15) is 14.0 Å². The molecule has 0 aliphatic carbocycles. The van der Waals surface area contributed by atoms with Crippen molar-refractivity contribution in [2.45, 2.75) is 6.92 Å². The fraction of sp³-hybridized carbons (Fsp3) is 0.0476. The average Bonchev–Trinajstić information content (AvgIpc) is 2.64. The van der Waals surface area contributed by atoms with Gasteiger partial charge in [0.1, 0.15) is 17.3 Å². The smallest absolute Gasteiger partial charge is 0.259 e. The first-order valence-electron chi connectivity index (χ1n) is 8.28. The fourth-order valence-electron chi connectivity index (χ4n) is 2.56. The maximum Gasteiger partial charge on any atom is 0.259 e. The van der Waals surface area contributed by atoms with Gasteiger partial charge in [-0.2, -0.15) is 0 Å². The third-order valence-corrected chi connectivity index (χ3v) is 4.19. The van der Waals surface area contributed by atoms with Crippen LogP contribution in [0.5, 0.6) is 11.5 Å². The Morgan fingerprint density at radius 2 is 1.82 bits per heavy atom. The quantitative estimate of drug-likeness (QED) is 0.639. The van der Waals surface area contributed by atoms with Crippen molar-refractivity contribution in [1.29, 1.82) is 0 Å². The molecule has 28 heavy (non-hydrogen) atoms. The molecule has 0 radical (unpaired) electrons. The molecule has 0 spiro atoms. The number of nitrogens with one attached hydrogen (secondary N) is 1. The summed E-state index contributed by atoms with van der Waals surface area (Å²) in [7, 11) is 0. The number of amides is 2. The van der Waals surface area contributed by atoms with Crippen molar-refractivity contribution in [3.63, 3.8) is 0 Å². The second kappa shape index (κ2) is 8.10. The van der Waals surface area contributed by atoms with E-state index in [0.29, 0.717) is 22.0 Å². The molecule has 7 heteroatoms. The van der Waals surface area contributed by atoms with Gasteiger partial charge in [0.2, 0.25) is 5.91 Å². The van der Waals surface area contributed by atoms with Crippen molar-refractivity contribution in [2.24, 2.45) is 5.73 Å². The van der Waals surface area contributed by atoms with E-state index in [2.05, 4.69) is 5.32 Å². The third kappa shape index (κ3) is 4.47. The highest BCUT2D eigenvalue weighted by molar-refractivity contribution is 6.31. The van der Waals surface area contributed by atoms with Gasteiger partial charge >= 0.3 is 0 Å². The number of carbonyl (C=O) groups excluding carboxylic acids is 2. The number of carbonyl (C=O) groups is 2. The normalized spacial score (nSPS) is 10.4. The van der Waals surface area contributed by atoms with Crippen molar-refractivity contribution in [1.82, 2.24) is 0 Å². The predicted molar refractivity (Wildman–Crippen MR) is 106 cm³/mol. The van der Waals surface area contributed by atoms with Crippen molar-refractivity contribution < 1.29 is 18.7 Å². The van der Waals surface area contributed by atoms with Gasteiger partial charge in [-0.15, -0.1) is 0 Å². The molecule has 142 valence electrons. The molecular weight excluding hydrogens is 383 g/mol. The molecule has 3 aromatic carbocycles. The first kappa shape index (κ1) is 19.4. The summed E-state index contributed by atoms with van der Waals surface area (Å²) in [6.45, 7) is 1.69. The number of rotatable bonds is 5. The van der Waals surface area contributed by atoms with Crippen LogP contribution in [0.15, 0.2) is 60.7 Å². The number of primary amides is 1. The standard InChI is InChI=1S/C21H16ClFN2O3/c1-12-9-15(23)6-8-18(12)28-19-11-14(22)5-7-17(19)21(27)25-16-4-2-3-13(10-16)20(24)26/h2-11H,1H3,(H2,24,26)(H,25,27). The molecule has 0 saturated heterocycles. The van der Waals surface area contributed by atoms with Crippen LogP contribution in [0.3, 0.4) is 0 Å². The molecule has 0 unspecified atom stereocenters. The first-order valence-corrected chi connectivity index (χ1v) is 8.66. The summed E-state index contributed by atoms with van der Waals surface area (Å²) in [5.41, 5.74) is 6.73. The lowest BCUT2D eigenvalue weighted by molar-refractivity contribution is 0.0995. The highest BCUT2D eigenvalue weighted by Crippen LogP contribution is 2.31.